The number of hydrogen-bond donors (Lipinski definition) is 1. The topological polar surface area (TPSA) is 57.6 Å². The number of nitrogens with zero attached hydrogens (tertiary/aromatic N) is 1. The zero-order valence-corrected chi connectivity index (χ0v) is 10.2. The molecule has 4 nitrogen and oxygen atoms in total. The molecular weight excluding hydrogens is 234 g/mol. The van der Waals surface area contributed by atoms with Gasteiger partial charge in [0.15, 0.2) is 0 Å². The second-order valence-electron chi connectivity index (χ2n) is 2.66. The highest BCUT2D eigenvalue weighted by Gasteiger charge is 2.16. The van der Waals surface area contributed by atoms with Crippen molar-refractivity contribution in [3.63, 3.8) is 0 Å². The Labute approximate surface area is 98.3 Å². The highest BCUT2D eigenvalue weighted by Crippen LogP contribution is 2.11. The lowest BCUT2D eigenvalue weighted by molar-refractivity contribution is -0.140. The average Bonchev–Trinajstić information content (AvgIpc) is 2.13. The van der Waals surface area contributed by atoms with Crippen molar-refractivity contribution in [1.29, 1.82) is 0 Å². The van der Waals surface area contributed by atoms with Gasteiger partial charge in [-0.1, -0.05) is 37.0 Å². The van der Waals surface area contributed by atoms with Gasteiger partial charge in [0.2, 0.25) is 5.91 Å². The molecule has 0 fully saturated rings. The minimum absolute atomic E-state index is 0.259. The van der Waals surface area contributed by atoms with Crippen LogP contribution < -0.4 is 0 Å². The van der Waals surface area contributed by atoms with Gasteiger partial charge < -0.3 is 5.11 Å². The molecule has 0 aliphatic heterocycles. The molecule has 0 atom stereocenters. The predicted octanol–water partition coefficient (Wildman–Crippen LogP) is 1.86. The summed E-state index contributed by atoms with van der Waals surface area (Å²) >= 11 is 6.11. The van der Waals surface area contributed by atoms with Crippen LogP contribution in [0.5, 0.6) is 0 Å². The normalized spacial score (nSPS) is 10.3. The van der Waals surface area contributed by atoms with Gasteiger partial charge in [0.1, 0.15) is 10.9 Å². The number of aliphatic carboxylic acids is 1. The number of carbonyl (C=O) groups is 2. The largest absolute Gasteiger partial charge is 0.480 e. The van der Waals surface area contributed by atoms with Gasteiger partial charge in [-0.3, -0.25) is 14.5 Å². The summed E-state index contributed by atoms with van der Waals surface area (Å²) in [6.45, 7) is 2.88. The number of thioether (sulfide) groups is 1. The molecule has 0 saturated carbocycles. The Kier molecular flexibility index (Phi) is 6.98. The van der Waals surface area contributed by atoms with Gasteiger partial charge in [0, 0.05) is 6.92 Å². The predicted molar refractivity (Wildman–Crippen MR) is 64.6 cm³/mol. The number of hydrogen-bond acceptors (Lipinski definition) is 4. The third kappa shape index (κ3) is 6.24. The van der Waals surface area contributed by atoms with Crippen LogP contribution in [0.15, 0.2) is 11.5 Å². The molecule has 0 heterocycles. The number of amides is 1. The standard InChI is InChI=1S/C9H13NO3S2/c1-3-4-5-15-9(14)10(7(2)11)6-8(12)13/h4-5H,3,6H2,1-2H3,(H,12,13)/b5-4-. The lowest BCUT2D eigenvalue weighted by Crippen LogP contribution is -2.36. The first kappa shape index (κ1) is 14.1. The molecule has 0 aromatic rings. The Morgan fingerprint density at radius 2 is 2.13 bits per heavy atom. The first-order chi connectivity index (χ1) is 6.99. The minimum Gasteiger partial charge on any atom is -0.480 e. The Bertz CT molecular complexity index is 289. The fraction of sp³-hybridized carbons (Fsp3) is 0.444. The number of carboxylic acids is 1. The molecule has 0 rings (SSSR count). The molecule has 0 aliphatic rings. The molecule has 0 unspecified atom stereocenters. The number of allylic oxidation sites excluding steroid dienone is 1. The second-order valence-corrected chi connectivity index (χ2v) is 4.20. The van der Waals surface area contributed by atoms with Crippen LogP contribution >= 0.6 is 24.0 Å². The Morgan fingerprint density at radius 3 is 2.53 bits per heavy atom. The average molecular weight is 247 g/mol. The molecule has 0 aromatic carbocycles. The van der Waals surface area contributed by atoms with E-state index in [4.69, 9.17) is 17.3 Å². The Morgan fingerprint density at radius 1 is 1.53 bits per heavy atom. The summed E-state index contributed by atoms with van der Waals surface area (Å²) in [6, 6.07) is 0. The van der Waals surface area contributed by atoms with Crippen LogP contribution in [0.1, 0.15) is 20.3 Å². The fourth-order valence-electron chi connectivity index (χ4n) is 0.706. The number of rotatable bonds is 4. The maximum atomic E-state index is 11.1. The van der Waals surface area contributed by atoms with Crippen LogP contribution in [0, 0.1) is 0 Å². The summed E-state index contributed by atoms with van der Waals surface area (Å²) in [5, 5.41) is 10.3. The molecular formula is C9H13NO3S2. The Hall–Kier alpha value is -0.880. The zero-order chi connectivity index (χ0) is 11.8. The molecule has 0 spiro atoms. The van der Waals surface area contributed by atoms with Crippen LogP contribution in [-0.4, -0.2) is 32.7 Å². The van der Waals surface area contributed by atoms with Crippen LogP contribution in [0.25, 0.3) is 0 Å². The molecule has 0 bridgehead atoms. The third-order valence-corrected chi connectivity index (χ3v) is 2.65. The molecule has 0 radical (unpaired) electrons. The van der Waals surface area contributed by atoms with E-state index in [0.29, 0.717) is 0 Å². The number of thiocarbonyl (C=S) groups is 1. The highest BCUT2D eigenvalue weighted by atomic mass is 32.2. The van der Waals surface area contributed by atoms with Crippen molar-refractivity contribution in [2.75, 3.05) is 6.54 Å². The monoisotopic (exact) mass is 247 g/mol. The zero-order valence-electron chi connectivity index (χ0n) is 8.60. The van der Waals surface area contributed by atoms with E-state index in [1.165, 1.54) is 18.7 Å². The lowest BCUT2D eigenvalue weighted by Gasteiger charge is -2.17. The van der Waals surface area contributed by atoms with Crippen LogP contribution in [0.4, 0.5) is 0 Å². The van der Waals surface area contributed by atoms with Crippen molar-refractivity contribution in [2.24, 2.45) is 0 Å². The van der Waals surface area contributed by atoms with E-state index in [1.54, 1.807) is 5.41 Å². The smallest absolute Gasteiger partial charge is 0.323 e. The van der Waals surface area contributed by atoms with Crippen molar-refractivity contribution in [3.05, 3.63) is 11.5 Å². The van der Waals surface area contributed by atoms with Crippen molar-refractivity contribution >= 4 is 40.2 Å². The van der Waals surface area contributed by atoms with E-state index in [-0.39, 0.29) is 16.8 Å². The summed E-state index contributed by atoms with van der Waals surface area (Å²) in [6.07, 6.45) is 2.75. The third-order valence-electron chi connectivity index (χ3n) is 1.39. The van der Waals surface area contributed by atoms with Crippen LogP contribution in [-0.2, 0) is 9.59 Å². The van der Waals surface area contributed by atoms with Gasteiger partial charge in [-0.25, -0.2) is 0 Å². The number of carboxylic acid groups (broad SMARTS) is 1. The molecule has 15 heavy (non-hydrogen) atoms. The van der Waals surface area contributed by atoms with Gasteiger partial charge in [0.25, 0.3) is 0 Å². The molecule has 0 aliphatic carbocycles. The van der Waals surface area contributed by atoms with Crippen molar-refractivity contribution < 1.29 is 14.7 Å². The van der Waals surface area contributed by atoms with Gasteiger partial charge in [0.05, 0.1) is 0 Å². The van der Waals surface area contributed by atoms with Crippen molar-refractivity contribution in [2.45, 2.75) is 20.3 Å². The first-order valence-electron chi connectivity index (χ1n) is 4.34. The van der Waals surface area contributed by atoms with E-state index in [2.05, 4.69) is 0 Å². The van der Waals surface area contributed by atoms with Crippen LogP contribution in [0.2, 0.25) is 0 Å². The summed E-state index contributed by atoms with van der Waals surface area (Å²) < 4.78 is 0.259. The van der Waals surface area contributed by atoms with Crippen LogP contribution in [0.3, 0.4) is 0 Å². The highest BCUT2D eigenvalue weighted by molar-refractivity contribution is 8.24. The van der Waals surface area contributed by atoms with Gasteiger partial charge >= 0.3 is 5.97 Å². The van der Waals surface area contributed by atoms with Crippen molar-refractivity contribution in [1.82, 2.24) is 4.90 Å². The summed E-state index contributed by atoms with van der Waals surface area (Å²) in [7, 11) is 0. The minimum atomic E-state index is -1.08. The molecule has 6 heteroatoms. The lowest BCUT2D eigenvalue weighted by atomic mass is 10.5. The Balaban J connectivity index is 4.36. The van der Waals surface area contributed by atoms with Gasteiger partial charge in [-0.2, -0.15) is 0 Å². The van der Waals surface area contributed by atoms with E-state index >= 15 is 0 Å². The fourth-order valence-corrected chi connectivity index (χ4v) is 1.79. The van der Waals surface area contributed by atoms with E-state index in [9.17, 15) is 9.59 Å². The molecule has 1 amide bonds. The van der Waals surface area contributed by atoms with E-state index < -0.39 is 5.97 Å². The maximum Gasteiger partial charge on any atom is 0.323 e. The number of carbonyl (C=O) groups excluding carboxylic acids is 1. The van der Waals surface area contributed by atoms with Gasteiger partial charge in [-0.05, 0) is 11.8 Å². The summed E-state index contributed by atoms with van der Waals surface area (Å²) in [5.74, 6) is -1.44. The maximum absolute atomic E-state index is 11.1. The SMILES string of the molecule is CC/C=C\SC(=S)N(CC(=O)O)C(C)=O. The second kappa shape index (κ2) is 7.42. The van der Waals surface area contributed by atoms with Crippen molar-refractivity contribution in [3.8, 4) is 0 Å². The quantitative estimate of drug-likeness (QED) is 0.768. The van der Waals surface area contributed by atoms with E-state index in [1.807, 2.05) is 13.0 Å². The molecule has 1 N–H and O–H groups in total. The van der Waals surface area contributed by atoms with Gasteiger partial charge in [-0.15, -0.1) is 0 Å². The molecule has 0 aromatic heterocycles. The van der Waals surface area contributed by atoms with E-state index in [0.717, 1.165) is 11.3 Å². The molecule has 84 valence electrons. The summed E-state index contributed by atoms with van der Waals surface area (Å²) in [4.78, 5) is 22.6. The molecule has 0 saturated heterocycles. The first-order valence-corrected chi connectivity index (χ1v) is 5.63. The summed E-state index contributed by atoms with van der Waals surface area (Å²) in [5.41, 5.74) is 0.